The van der Waals surface area contributed by atoms with E-state index >= 15 is 0 Å². The van der Waals surface area contributed by atoms with Crippen molar-refractivity contribution in [2.24, 2.45) is 0 Å². The van der Waals surface area contributed by atoms with E-state index < -0.39 is 10.1 Å². The van der Waals surface area contributed by atoms with Crippen molar-refractivity contribution in [2.45, 2.75) is 97.3 Å². The summed E-state index contributed by atoms with van der Waals surface area (Å²) in [4.78, 5) is 0. The SMILES string of the molecule is CCCCCCCCCCCCOS(=O)(=O)CCCCC.[Na]. The molecule has 0 saturated heterocycles. The first kappa shape index (κ1) is 25.2. The average molecular weight is 344 g/mol. The quantitative estimate of drug-likeness (QED) is 0.223. The van der Waals surface area contributed by atoms with Gasteiger partial charge in [0.2, 0.25) is 0 Å². The first-order valence-corrected chi connectivity index (χ1v) is 10.6. The predicted molar refractivity (Wildman–Crippen MR) is 96.9 cm³/mol. The van der Waals surface area contributed by atoms with Gasteiger partial charge in [-0.25, -0.2) is 0 Å². The van der Waals surface area contributed by atoms with Crippen LogP contribution in [-0.4, -0.2) is 50.3 Å². The zero-order valence-electron chi connectivity index (χ0n) is 15.2. The van der Waals surface area contributed by atoms with Crippen LogP contribution in [0.3, 0.4) is 0 Å². The molecule has 0 unspecified atom stereocenters. The van der Waals surface area contributed by atoms with Crippen molar-refractivity contribution in [2.75, 3.05) is 12.4 Å². The van der Waals surface area contributed by atoms with E-state index in [1.165, 1.54) is 51.4 Å². The van der Waals surface area contributed by atoms with Crippen molar-refractivity contribution in [3.8, 4) is 0 Å². The van der Waals surface area contributed by atoms with Gasteiger partial charge < -0.3 is 0 Å². The van der Waals surface area contributed by atoms with Crippen molar-refractivity contribution in [1.29, 1.82) is 0 Å². The minimum absolute atomic E-state index is 0. The van der Waals surface area contributed by atoms with E-state index in [1.807, 2.05) is 0 Å². The van der Waals surface area contributed by atoms with E-state index in [0.29, 0.717) is 6.61 Å². The molecule has 0 aromatic rings. The van der Waals surface area contributed by atoms with Gasteiger partial charge in [0.1, 0.15) is 0 Å². The molecule has 129 valence electrons. The molecule has 0 aliphatic carbocycles. The predicted octanol–water partition coefficient (Wildman–Crippen LogP) is 5.06. The Morgan fingerprint density at radius 2 is 1.05 bits per heavy atom. The molecule has 0 aliphatic heterocycles. The Labute approximate surface area is 161 Å². The van der Waals surface area contributed by atoms with Crippen LogP contribution in [0, 0.1) is 0 Å². The maximum absolute atomic E-state index is 11.5. The van der Waals surface area contributed by atoms with E-state index in [-0.39, 0.29) is 35.3 Å². The number of hydrogen-bond acceptors (Lipinski definition) is 3. The van der Waals surface area contributed by atoms with Gasteiger partial charge in [-0.15, -0.1) is 0 Å². The second-order valence-electron chi connectivity index (χ2n) is 5.97. The van der Waals surface area contributed by atoms with E-state index in [2.05, 4.69) is 13.8 Å². The fraction of sp³-hybridized carbons (Fsp3) is 1.00. The van der Waals surface area contributed by atoms with E-state index in [9.17, 15) is 8.42 Å². The van der Waals surface area contributed by atoms with Gasteiger partial charge in [-0.05, 0) is 12.8 Å². The Balaban J connectivity index is 0. The zero-order valence-corrected chi connectivity index (χ0v) is 18.1. The monoisotopic (exact) mass is 343 g/mol. The molecule has 0 aromatic carbocycles. The third kappa shape index (κ3) is 19.0. The summed E-state index contributed by atoms with van der Waals surface area (Å²) >= 11 is 0. The Morgan fingerprint density at radius 1 is 0.636 bits per heavy atom. The smallest absolute Gasteiger partial charge is 0.267 e. The van der Waals surface area contributed by atoms with Crippen LogP contribution >= 0.6 is 0 Å². The molecule has 0 atom stereocenters. The van der Waals surface area contributed by atoms with Crippen LogP contribution in [0.4, 0.5) is 0 Å². The molecule has 5 heteroatoms. The summed E-state index contributed by atoms with van der Waals surface area (Å²) in [7, 11) is -3.26. The minimum Gasteiger partial charge on any atom is -0.270 e. The largest absolute Gasteiger partial charge is 0.270 e. The van der Waals surface area contributed by atoms with Gasteiger partial charge in [0.05, 0.1) is 12.4 Å². The molecule has 0 amide bonds. The van der Waals surface area contributed by atoms with Gasteiger partial charge in [0, 0.05) is 29.6 Å². The van der Waals surface area contributed by atoms with E-state index in [4.69, 9.17) is 4.18 Å². The molecule has 0 N–H and O–H groups in total. The van der Waals surface area contributed by atoms with Gasteiger partial charge >= 0.3 is 0 Å². The summed E-state index contributed by atoms with van der Waals surface area (Å²) < 4.78 is 28.1. The summed E-state index contributed by atoms with van der Waals surface area (Å²) in [5.41, 5.74) is 0. The van der Waals surface area contributed by atoms with Crippen LogP contribution in [0.15, 0.2) is 0 Å². The van der Waals surface area contributed by atoms with Crippen LogP contribution in [0.1, 0.15) is 97.3 Å². The van der Waals surface area contributed by atoms with Crippen molar-refractivity contribution in [3.05, 3.63) is 0 Å². The fourth-order valence-electron chi connectivity index (χ4n) is 2.36. The number of hydrogen-bond donors (Lipinski definition) is 0. The third-order valence-corrected chi connectivity index (χ3v) is 5.07. The normalized spacial score (nSPS) is 11.4. The molecule has 0 bridgehead atoms. The zero-order chi connectivity index (χ0) is 15.8. The third-order valence-electron chi connectivity index (χ3n) is 3.76. The first-order chi connectivity index (χ1) is 10.1. The first-order valence-electron chi connectivity index (χ1n) is 8.99. The topological polar surface area (TPSA) is 43.4 Å². The van der Waals surface area contributed by atoms with Crippen LogP contribution in [0.5, 0.6) is 0 Å². The molecule has 1 radical (unpaired) electrons. The fourth-order valence-corrected chi connectivity index (χ4v) is 3.41. The summed E-state index contributed by atoms with van der Waals surface area (Å²) in [5, 5.41) is 0. The van der Waals surface area contributed by atoms with Crippen LogP contribution in [0.2, 0.25) is 0 Å². The van der Waals surface area contributed by atoms with Crippen molar-refractivity contribution in [3.63, 3.8) is 0 Å². The minimum atomic E-state index is -3.26. The summed E-state index contributed by atoms with van der Waals surface area (Å²) in [6.07, 6.45) is 15.2. The molecule has 0 fully saturated rings. The second-order valence-corrected chi connectivity index (χ2v) is 7.73. The molecule has 0 heterocycles. The molecule has 0 rings (SSSR count). The Morgan fingerprint density at radius 3 is 1.55 bits per heavy atom. The Bertz CT molecular complexity index is 305. The molecule has 0 aliphatic rings. The maximum Gasteiger partial charge on any atom is 0.267 e. The Kier molecular flexibility index (Phi) is 20.9. The molecular formula is C17H36NaO3S. The molecule has 0 spiro atoms. The van der Waals surface area contributed by atoms with Crippen LogP contribution in [-0.2, 0) is 14.3 Å². The standard InChI is InChI=1S/C17H36O3S.Na/c1-3-5-7-8-9-10-11-12-13-14-16-20-21(18,19)17-15-6-4-2;/h3-17H2,1-2H3;. The maximum atomic E-state index is 11.5. The van der Waals surface area contributed by atoms with Gasteiger partial charge in [0.15, 0.2) is 0 Å². The van der Waals surface area contributed by atoms with Gasteiger partial charge in [-0.1, -0.05) is 84.5 Å². The molecular weight excluding hydrogens is 307 g/mol. The van der Waals surface area contributed by atoms with Gasteiger partial charge in [-0.2, -0.15) is 8.42 Å². The van der Waals surface area contributed by atoms with Gasteiger partial charge in [0.25, 0.3) is 10.1 Å². The molecule has 22 heavy (non-hydrogen) atoms. The van der Waals surface area contributed by atoms with Gasteiger partial charge in [-0.3, -0.25) is 4.18 Å². The molecule has 3 nitrogen and oxygen atoms in total. The number of rotatable bonds is 16. The second kappa shape index (κ2) is 18.3. The van der Waals surface area contributed by atoms with Crippen LogP contribution < -0.4 is 0 Å². The van der Waals surface area contributed by atoms with E-state index in [1.54, 1.807) is 0 Å². The average Bonchev–Trinajstić information content (AvgIpc) is 2.45. The van der Waals surface area contributed by atoms with Crippen molar-refractivity contribution in [1.82, 2.24) is 0 Å². The summed E-state index contributed by atoms with van der Waals surface area (Å²) in [5.74, 6) is 0.179. The molecule has 0 saturated carbocycles. The summed E-state index contributed by atoms with van der Waals surface area (Å²) in [6, 6.07) is 0. The van der Waals surface area contributed by atoms with E-state index in [0.717, 1.165) is 32.1 Å². The van der Waals surface area contributed by atoms with Crippen molar-refractivity contribution < 1.29 is 12.6 Å². The number of unbranched alkanes of at least 4 members (excludes halogenated alkanes) is 11. The Hall–Kier alpha value is 0.910. The van der Waals surface area contributed by atoms with Crippen LogP contribution in [0.25, 0.3) is 0 Å². The summed E-state index contributed by atoms with van der Waals surface area (Å²) in [6.45, 7) is 4.67. The van der Waals surface area contributed by atoms with Crippen molar-refractivity contribution >= 4 is 39.7 Å². The molecule has 0 aromatic heterocycles.